The summed E-state index contributed by atoms with van der Waals surface area (Å²) < 4.78 is 1.76. The number of aryl methyl sites for hydroxylation is 1. The van der Waals surface area contributed by atoms with Crippen molar-refractivity contribution in [1.82, 2.24) is 35.3 Å². The average Bonchev–Trinajstić information content (AvgIpc) is 3.25. The van der Waals surface area contributed by atoms with Crippen LogP contribution in [0.2, 0.25) is 0 Å². The van der Waals surface area contributed by atoms with Crippen molar-refractivity contribution in [2.45, 2.75) is 12.8 Å². The summed E-state index contributed by atoms with van der Waals surface area (Å²) in [7, 11) is 0. The zero-order chi connectivity index (χ0) is 19.1. The monoisotopic (exact) mass is 374 g/mol. The number of fused-ring (bicyclic) bond motifs is 1. The number of amides is 1. The molecule has 1 amide bonds. The smallest absolute Gasteiger partial charge is 0.279 e. The van der Waals surface area contributed by atoms with Gasteiger partial charge in [0.15, 0.2) is 5.69 Å². The van der Waals surface area contributed by atoms with E-state index in [1.165, 1.54) is 6.33 Å². The quantitative estimate of drug-likeness (QED) is 0.502. The molecule has 3 aromatic heterocycles. The molecule has 1 aliphatic rings. The molecule has 140 valence electrons. The van der Waals surface area contributed by atoms with E-state index in [1.54, 1.807) is 10.9 Å². The molecule has 0 saturated carbocycles. The van der Waals surface area contributed by atoms with Crippen LogP contribution in [0.25, 0.3) is 16.7 Å². The molecule has 0 aliphatic carbocycles. The van der Waals surface area contributed by atoms with Gasteiger partial charge in [0.05, 0.1) is 17.6 Å². The van der Waals surface area contributed by atoms with Crippen molar-refractivity contribution in [3.05, 3.63) is 59.8 Å². The van der Waals surface area contributed by atoms with Gasteiger partial charge in [0.25, 0.3) is 5.91 Å². The van der Waals surface area contributed by atoms with Crippen molar-refractivity contribution in [2.75, 3.05) is 18.4 Å². The van der Waals surface area contributed by atoms with Crippen molar-refractivity contribution in [2.24, 2.45) is 0 Å². The van der Waals surface area contributed by atoms with Gasteiger partial charge < -0.3 is 10.6 Å². The average molecular weight is 374 g/mol. The summed E-state index contributed by atoms with van der Waals surface area (Å²) >= 11 is 0. The highest BCUT2D eigenvalue weighted by Gasteiger charge is 2.25. The van der Waals surface area contributed by atoms with Gasteiger partial charge in [-0.1, -0.05) is 17.7 Å². The minimum Gasteiger partial charge on any atom is -0.315 e. The Morgan fingerprint density at radius 2 is 2.07 bits per heavy atom. The van der Waals surface area contributed by atoms with E-state index >= 15 is 0 Å². The molecule has 0 bridgehead atoms. The molecule has 1 saturated heterocycles. The summed E-state index contributed by atoms with van der Waals surface area (Å²) in [5.74, 6) is 0.596. The molecule has 4 aromatic rings. The van der Waals surface area contributed by atoms with Crippen LogP contribution in [-0.4, -0.2) is 48.9 Å². The van der Waals surface area contributed by atoms with Crippen LogP contribution < -0.4 is 10.6 Å². The highest BCUT2D eigenvalue weighted by atomic mass is 16.2. The number of nitrogens with zero attached hydrogens (tertiary/aromatic N) is 5. The summed E-state index contributed by atoms with van der Waals surface area (Å²) in [5, 5.41) is 17.8. The third kappa shape index (κ3) is 2.81. The predicted octanol–water partition coefficient (Wildman–Crippen LogP) is 1.79. The fourth-order valence-corrected chi connectivity index (χ4v) is 3.17. The van der Waals surface area contributed by atoms with E-state index in [9.17, 15) is 4.79 Å². The van der Waals surface area contributed by atoms with E-state index in [1.807, 2.05) is 37.3 Å². The maximum absolute atomic E-state index is 12.9. The maximum Gasteiger partial charge on any atom is 0.279 e. The second kappa shape index (κ2) is 6.54. The Balaban J connectivity index is 1.52. The van der Waals surface area contributed by atoms with Gasteiger partial charge in [-0.05, 0) is 19.1 Å². The van der Waals surface area contributed by atoms with Crippen molar-refractivity contribution in [1.29, 1.82) is 0 Å². The minimum atomic E-state index is -0.350. The molecule has 0 atom stereocenters. The molecule has 9 heteroatoms. The number of carbonyl (C=O) groups excluding carboxylic acids is 1. The lowest BCUT2D eigenvalue weighted by Crippen LogP contribution is -2.40. The number of benzene rings is 1. The largest absolute Gasteiger partial charge is 0.315 e. The molecule has 0 unspecified atom stereocenters. The lowest BCUT2D eigenvalue weighted by molar-refractivity contribution is 0.102. The van der Waals surface area contributed by atoms with Crippen molar-refractivity contribution >= 4 is 22.8 Å². The molecule has 0 radical (unpaired) electrons. The molecule has 5 rings (SSSR count). The molecule has 4 heterocycles. The van der Waals surface area contributed by atoms with Gasteiger partial charge in [-0.25, -0.2) is 14.6 Å². The van der Waals surface area contributed by atoms with Crippen LogP contribution in [0.4, 0.5) is 5.82 Å². The van der Waals surface area contributed by atoms with Crippen molar-refractivity contribution in [3.8, 4) is 5.69 Å². The van der Waals surface area contributed by atoms with Crippen molar-refractivity contribution < 1.29 is 4.79 Å². The van der Waals surface area contributed by atoms with Crippen LogP contribution in [0.15, 0.2) is 42.9 Å². The second-order valence-electron chi connectivity index (χ2n) is 6.87. The summed E-state index contributed by atoms with van der Waals surface area (Å²) in [6.45, 7) is 3.81. The predicted molar refractivity (Wildman–Crippen MR) is 104 cm³/mol. The Morgan fingerprint density at radius 3 is 2.82 bits per heavy atom. The van der Waals surface area contributed by atoms with Gasteiger partial charge in [-0.2, -0.15) is 10.2 Å². The van der Waals surface area contributed by atoms with Gasteiger partial charge in [0.2, 0.25) is 0 Å². The Kier molecular flexibility index (Phi) is 3.87. The Morgan fingerprint density at radius 1 is 1.25 bits per heavy atom. The van der Waals surface area contributed by atoms with E-state index in [2.05, 4.69) is 30.8 Å². The maximum atomic E-state index is 12.9. The van der Waals surface area contributed by atoms with Gasteiger partial charge in [-0.3, -0.25) is 9.89 Å². The van der Waals surface area contributed by atoms with Crippen LogP contribution >= 0.6 is 0 Å². The second-order valence-corrected chi connectivity index (χ2v) is 6.87. The normalized spacial score (nSPS) is 14.2. The zero-order valence-corrected chi connectivity index (χ0v) is 15.2. The number of aromatic amines is 1. The van der Waals surface area contributed by atoms with Crippen LogP contribution in [0.3, 0.4) is 0 Å². The number of nitrogens with one attached hydrogen (secondary N) is 3. The topological polar surface area (TPSA) is 113 Å². The van der Waals surface area contributed by atoms with Crippen molar-refractivity contribution in [3.63, 3.8) is 0 Å². The molecular formula is C19H18N8O. The molecule has 3 N–H and O–H groups in total. The van der Waals surface area contributed by atoms with Crippen LogP contribution in [0.5, 0.6) is 0 Å². The number of H-pyrrole nitrogens is 1. The summed E-state index contributed by atoms with van der Waals surface area (Å²) in [6, 6.07) is 9.93. The van der Waals surface area contributed by atoms with Crippen LogP contribution in [0.1, 0.15) is 27.7 Å². The highest BCUT2D eigenvalue weighted by Crippen LogP contribution is 2.25. The van der Waals surface area contributed by atoms with Crippen LogP contribution in [-0.2, 0) is 0 Å². The summed E-state index contributed by atoms with van der Waals surface area (Å²) in [6.07, 6.45) is 2.98. The zero-order valence-electron chi connectivity index (χ0n) is 15.2. The fourth-order valence-electron chi connectivity index (χ4n) is 3.17. The molecule has 28 heavy (non-hydrogen) atoms. The van der Waals surface area contributed by atoms with E-state index in [4.69, 9.17) is 5.10 Å². The standard InChI is InChI=1S/C19H18N8O/c1-11-2-4-13(5-3-11)27-16(6-14(26-27)12-7-20-8-12)23-19(28)18-17-15(24-25-18)9-21-10-22-17/h2-6,9-10,12,20H,7-8H2,1H3,(H,23,28)(H,24,25). The number of rotatable bonds is 4. The summed E-state index contributed by atoms with van der Waals surface area (Å²) in [4.78, 5) is 21.0. The molecule has 1 aromatic carbocycles. The van der Waals surface area contributed by atoms with Gasteiger partial charge in [0.1, 0.15) is 23.2 Å². The first-order chi connectivity index (χ1) is 13.7. The molecular weight excluding hydrogens is 356 g/mol. The third-order valence-corrected chi connectivity index (χ3v) is 4.89. The number of hydrogen-bond acceptors (Lipinski definition) is 6. The van der Waals surface area contributed by atoms with E-state index in [0.29, 0.717) is 22.8 Å². The number of aromatic nitrogens is 6. The van der Waals surface area contributed by atoms with Gasteiger partial charge in [-0.15, -0.1) is 0 Å². The number of carbonyl (C=O) groups is 1. The number of hydrogen-bond donors (Lipinski definition) is 3. The Bertz CT molecular complexity index is 1160. The highest BCUT2D eigenvalue weighted by molar-refractivity contribution is 6.09. The first-order valence-electron chi connectivity index (χ1n) is 9.02. The van der Waals surface area contributed by atoms with E-state index in [0.717, 1.165) is 30.0 Å². The lowest BCUT2D eigenvalue weighted by Gasteiger charge is -2.24. The summed E-state index contributed by atoms with van der Waals surface area (Å²) in [5.41, 5.74) is 4.31. The minimum absolute atomic E-state index is 0.223. The van der Waals surface area contributed by atoms with Crippen LogP contribution in [0, 0.1) is 6.92 Å². The Labute approximate surface area is 160 Å². The first kappa shape index (κ1) is 16.6. The molecule has 1 fully saturated rings. The van der Waals surface area contributed by atoms with Gasteiger partial charge in [0, 0.05) is 25.1 Å². The first-order valence-corrected chi connectivity index (χ1v) is 9.02. The third-order valence-electron chi connectivity index (χ3n) is 4.89. The molecule has 0 spiro atoms. The van der Waals surface area contributed by atoms with Gasteiger partial charge >= 0.3 is 0 Å². The number of anilines is 1. The SMILES string of the molecule is Cc1ccc(-n2nc(C3CNC3)cc2NC(=O)c2n[nH]c3cncnc23)cc1. The lowest BCUT2D eigenvalue weighted by atomic mass is 10.00. The molecule has 9 nitrogen and oxygen atoms in total. The Hall–Kier alpha value is -3.59. The van der Waals surface area contributed by atoms with E-state index in [-0.39, 0.29) is 11.6 Å². The van der Waals surface area contributed by atoms with E-state index < -0.39 is 0 Å². The fraction of sp³-hybridized carbons (Fsp3) is 0.211. The molecule has 1 aliphatic heterocycles.